The molecular weight excluding hydrogens is 428 g/mol. The Morgan fingerprint density at radius 1 is 1.12 bits per heavy atom. The summed E-state index contributed by atoms with van der Waals surface area (Å²) in [5.41, 5.74) is 3.21. The fraction of sp³-hybridized carbons (Fsp3) is 0.458. The molecule has 174 valence electrons. The molecule has 7 nitrogen and oxygen atoms in total. The van der Waals surface area contributed by atoms with Gasteiger partial charge in [0.05, 0.1) is 31.6 Å². The largest absolute Gasteiger partial charge is 0.394 e. The Morgan fingerprint density at radius 3 is 2.34 bits per heavy atom. The van der Waals surface area contributed by atoms with Crippen molar-refractivity contribution in [2.45, 2.75) is 32.6 Å². The lowest BCUT2D eigenvalue weighted by Crippen LogP contribution is -2.47. The Labute approximate surface area is 190 Å². The van der Waals surface area contributed by atoms with Gasteiger partial charge in [0.25, 0.3) is 5.91 Å². The van der Waals surface area contributed by atoms with E-state index in [4.69, 9.17) is 4.74 Å². The maximum absolute atomic E-state index is 13.7. The van der Waals surface area contributed by atoms with E-state index in [1.807, 2.05) is 55.5 Å². The number of rotatable bonds is 5. The quantitative estimate of drug-likeness (QED) is 0.741. The molecule has 0 spiro atoms. The minimum absolute atomic E-state index is 0.166. The topological polar surface area (TPSA) is 87.2 Å². The van der Waals surface area contributed by atoms with Crippen molar-refractivity contribution in [3.05, 3.63) is 59.7 Å². The molecule has 1 aliphatic rings. The average molecular weight is 461 g/mol. The van der Waals surface area contributed by atoms with E-state index in [9.17, 15) is 18.3 Å². The molecular formula is C24H32N2O5S. The molecule has 0 saturated heterocycles. The minimum atomic E-state index is -3.39. The molecule has 8 heteroatoms. The second kappa shape index (κ2) is 10.1. The standard InChI is InChI=1S/C24H32N2O5S/c1-17-13-26(18(2)15-27)24(28)22-12-8-7-11-21(22)20-10-6-5-9-19(20)16-31-23(17)14-25(3)32(4,29)30/h5-12,17-18,23,27H,13-16H2,1-4H3/t17-,18+,23-/m0/s1. The van der Waals surface area contributed by atoms with Crippen molar-refractivity contribution in [3.8, 4) is 11.1 Å². The summed E-state index contributed by atoms with van der Waals surface area (Å²) in [5.74, 6) is -0.338. The highest BCUT2D eigenvalue weighted by molar-refractivity contribution is 7.88. The lowest BCUT2D eigenvalue weighted by Gasteiger charge is -2.34. The van der Waals surface area contributed by atoms with Gasteiger partial charge in [0.2, 0.25) is 10.0 Å². The van der Waals surface area contributed by atoms with Crippen molar-refractivity contribution in [1.29, 1.82) is 0 Å². The molecule has 0 aromatic heterocycles. The average Bonchev–Trinajstić information content (AvgIpc) is 2.79. The number of hydrogen-bond donors (Lipinski definition) is 1. The number of sulfonamides is 1. The van der Waals surface area contributed by atoms with Gasteiger partial charge in [0.15, 0.2) is 0 Å². The van der Waals surface area contributed by atoms with Crippen LogP contribution in [0.2, 0.25) is 0 Å². The maximum atomic E-state index is 13.7. The van der Waals surface area contributed by atoms with Crippen LogP contribution >= 0.6 is 0 Å². The van der Waals surface area contributed by atoms with E-state index < -0.39 is 22.2 Å². The number of nitrogens with zero attached hydrogens (tertiary/aromatic N) is 2. The Hall–Kier alpha value is -2.26. The van der Waals surface area contributed by atoms with Gasteiger partial charge in [-0.3, -0.25) is 4.79 Å². The lowest BCUT2D eigenvalue weighted by molar-refractivity contribution is -0.0145. The minimum Gasteiger partial charge on any atom is -0.394 e. The van der Waals surface area contributed by atoms with Gasteiger partial charge in [0.1, 0.15) is 0 Å². The first-order chi connectivity index (χ1) is 15.1. The Bertz CT molecular complexity index is 1060. The van der Waals surface area contributed by atoms with E-state index in [-0.39, 0.29) is 25.0 Å². The first kappa shape index (κ1) is 24.4. The molecule has 1 aliphatic heterocycles. The van der Waals surface area contributed by atoms with Crippen LogP contribution in [0, 0.1) is 5.92 Å². The maximum Gasteiger partial charge on any atom is 0.254 e. The van der Waals surface area contributed by atoms with Crippen LogP contribution in [-0.4, -0.2) is 73.8 Å². The Kier molecular flexibility index (Phi) is 7.71. The van der Waals surface area contributed by atoms with Crippen LogP contribution < -0.4 is 0 Å². The smallest absolute Gasteiger partial charge is 0.254 e. The van der Waals surface area contributed by atoms with Gasteiger partial charge in [-0.15, -0.1) is 0 Å². The zero-order valence-electron chi connectivity index (χ0n) is 19.1. The molecule has 0 radical (unpaired) electrons. The van der Waals surface area contributed by atoms with E-state index in [0.717, 1.165) is 16.7 Å². The monoisotopic (exact) mass is 460 g/mol. The van der Waals surface area contributed by atoms with Crippen molar-refractivity contribution in [2.75, 3.05) is 33.0 Å². The van der Waals surface area contributed by atoms with Crippen LogP contribution in [0.3, 0.4) is 0 Å². The van der Waals surface area contributed by atoms with Crippen molar-refractivity contribution >= 4 is 15.9 Å². The van der Waals surface area contributed by atoms with Gasteiger partial charge in [-0.2, -0.15) is 0 Å². The number of amides is 1. The predicted octanol–water partition coefficient (Wildman–Crippen LogP) is 2.60. The molecule has 1 heterocycles. The van der Waals surface area contributed by atoms with Gasteiger partial charge in [-0.1, -0.05) is 49.4 Å². The van der Waals surface area contributed by atoms with E-state index in [2.05, 4.69) is 0 Å². The van der Waals surface area contributed by atoms with Crippen LogP contribution in [-0.2, 0) is 21.4 Å². The van der Waals surface area contributed by atoms with Crippen LogP contribution in [0.25, 0.3) is 11.1 Å². The van der Waals surface area contributed by atoms with Gasteiger partial charge in [-0.05, 0) is 29.7 Å². The molecule has 0 bridgehead atoms. The van der Waals surface area contributed by atoms with E-state index in [0.29, 0.717) is 18.7 Å². The summed E-state index contributed by atoms with van der Waals surface area (Å²) in [4.78, 5) is 15.3. The second-order valence-corrected chi connectivity index (χ2v) is 10.7. The van der Waals surface area contributed by atoms with E-state index in [1.54, 1.807) is 11.8 Å². The van der Waals surface area contributed by atoms with Crippen LogP contribution in [0.4, 0.5) is 0 Å². The third-order valence-electron chi connectivity index (χ3n) is 6.10. The highest BCUT2D eigenvalue weighted by Crippen LogP contribution is 2.31. The third-order valence-corrected chi connectivity index (χ3v) is 7.38. The highest BCUT2D eigenvalue weighted by Gasteiger charge is 2.31. The number of aliphatic hydroxyl groups is 1. The Balaban J connectivity index is 2.11. The first-order valence-electron chi connectivity index (χ1n) is 10.8. The van der Waals surface area contributed by atoms with Gasteiger partial charge in [-0.25, -0.2) is 12.7 Å². The number of ether oxygens (including phenoxy) is 1. The number of carbonyl (C=O) groups excluding carboxylic acids is 1. The van der Waals surface area contributed by atoms with Crippen LogP contribution in [0.5, 0.6) is 0 Å². The molecule has 3 atom stereocenters. The molecule has 3 rings (SSSR count). The zero-order chi connectivity index (χ0) is 23.5. The van der Waals surface area contributed by atoms with Gasteiger partial charge < -0.3 is 14.7 Å². The molecule has 0 saturated carbocycles. The highest BCUT2D eigenvalue weighted by atomic mass is 32.2. The number of carbonyl (C=O) groups is 1. The normalized spacial score (nSPS) is 20.9. The number of hydrogen-bond acceptors (Lipinski definition) is 5. The molecule has 1 amide bonds. The second-order valence-electron chi connectivity index (χ2n) is 8.56. The summed E-state index contributed by atoms with van der Waals surface area (Å²) in [5, 5.41) is 9.85. The number of aliphatic hydroxyl groups excluding tert-OH is 1. The molecule has 2 aromatic carbocycles. The summed E-state index contributed by atoms with van der Waals surface area (Å²) < 4.78 is 31.6. The third kappa shape index (κ3) is 5.38. The van der Waals surface area contributed by atoms with Crippen molar-refractivity contribution < 1.29 is 23.1 Å². The van der Waals surface area contributed by atoms with Crippen LogP contribution in [0.15, 0.2) is 48.5 Å². The van der Waals surface area contributed by atoms with E-state index >= 15 is 0 Å². The molecule has 0 aliphatic carbocycles. The first-order valence-corrected chi connectivity index (χ1v) is 12.6. The fourth-order valence-electron chi connectivity index (χ4n) is 3.94. The summed E-state index contributed by atoms with van der Waals surface area (Å²) in [6, 6.07) is 14.8. The van der Waals surface area contributed by atoms with Crippen molar-refractivity contribution in [1.82, 2.24) is 9.21 Å². The van der Waals surface area contributed by atoms with Gasteiger partial charge >= 0.3 is 0 Å². The molecule has 2 aromatic rings. The molecule has 1 N–H and O–H groups in total. The molecule has 0 fully saturated rings. The van der Waals surface area contributed by atoms with Crippen molar-refractivity contribution in [2.24, 2.45) is 5.92 Å². The predicted molar refractivity (Wildman–Crippen MR) is 125 cm³/mol. The summed E-state index contributed by atoms with van der Waals surface area (Å²) in [6.07, 6.45) is 0.726. The molecule has 32 heavy (non-hydrogen) atoms. The summed E-state index contributed by atoms with van der Waals surface area (Å²) in [7, 11) is -1.86. The van der Waals surface area contributed by atoms with Gasteiger partial charge in [0, 0.05) is 31.6 Å². The Morgan fingerprint density at radius 2 is 1.72 bits per heavy atom. The number of fused-ring (bicyclic) bond motifs is 3. The number of likely N-dealkylation sites (N-methyl/N-ethyl adjacent to an activating group) is 1. The fourth-order valence-corrected chi connectivity index (χ4v) is 4.36. The summed E-state index contributed by atoms with van der Waals surface area (Å²) in [6.45, 7) is 4.37. The van der Waals surface area contributed by atoms with Crippen LogP contribution in [0.1, 0.15) is 29.8 Å². The molecule has 0 unspecified atom stereocenters. The lowest BCUT2D eigenvalue weighted by atomic mass is 9.94. The SMILES string of the molecule is C[C@H](CO)N1C[C@H](C)[C@H](CN(C)S(C)(=O)=O)OCc2ccccc2-c2ccccc2C1=O. The van der Waals surface area contributed by atoms with Crippen molar-refractivity contribution in [3.63, 3.8) is 0 Å². The summed E-state index contributed by atoms with van der Waals surface area (Å²) >= 11 is 0. The van der Waals surface area contributed by atoms with E-state index in [1.165, 1.54) is 17.6 Å². The zero-order valence-corrected chi connectivity index (χ0v) is 19.9. The number of benzene rings is 2.